The Morgan fingerprint density at radius 2 is 1.69 bits per heavy atom. The van der Waals surface area contributed by atoms with Gasteiger partial charge in [0.25, 0.3) is 5.91 Å². The smallest absolute Gasteiger partial charge is 0.374 e. The van der Waals surface area contributed by atoms with Crippen molar-refractivity contribution in [2.75, 3.05) is 18.5 Å². The number of benzene rings is 3. The molecule has 0 saturated heterocycles. The predicted molar refractivity (Wildman–Crippen MR) is 138 cm³/mol. The lowest BCUT2D eigenvalue weighted by molar-refractivity contribution is 0.0469. The number of anilines is 1. The van der Waals surface area contributed by atoms with Crippen molar-refractivity contribution in [1.29, 1.82) is 0 Å². The molecule has 0 aliphatic rings. The number of aryl methyl sites for hydroxylation is 1. The molecule has 1 aromatic heterocycles. The van der Waals surface area contributed by atoms with Gasteiger partial charge in [0.15, 0.2) is 11.0 Å². The summed E-state index contributed by atoms with van der Waals surface area (Å²) in [5.41, 5.74) is 1.66. The largest absolute Gasteiger partial charge is 0.494 e. The predicted octanol–water partition coefficient (Wildman–Crippen LogP) is 5.62. The van der Waals surface area contributed by atoms with Gasteiger partial charge in [-0.25, -0.2) is 4.79 Å². The molecule has 0 aliphatic heterocycles. The maximum atomic E-state index is 12.9. The summed E-state index contributed by atoms with van der Waals surface area (Å²) in [5.74, 6) is -0.654. The maximum Gasteiger partial charge on any atom is 0.374 e. The van der Waals surface area contributed by atoms with Crippen LogP contribution in [0.25, 0.3) is 11.0 Å². The van der Waals surface area contributed by atoms with Crippen LogP contribution >= 0.6 is 0 Å². The third kappa shape index (κ3) is 6.18. The average molecular weight is 486 g/mol. The number of fused-ring (bicyclic) bond motifs is 1. The number of hydrogen-bond donors (Lipinski definition) is 1. The number of amides is 1. The van der Waals surface area contributed by atoms with Crippen molar-refractivity contribution >= 4 is 28.5 Å². The molecular formula is C29H27NO6. The maximum absolute atomic E-state index is 12.9. The number of nitrogens with one attached hydrogen (secondary N) is 1. The van der Waals surface area contributed by atoms with Crippen LogP contribution in [0, 0.1) is 0 Å². The SMILES string of the molecule is CCCOC(=O)c1cc(=O)c2cccc(NC(=O)c3ccc(OCCCc4ccccc4)cc3)c2o1. The van der Waals surface area contributed by atoms with Gasteiger partial charge in [0.05, 0.1) is 24.3 Å². The van der Waals surface area contributed by atoms with Gasteiger partial charge in [0.1, 0.15) is 5.75 Å². The lowest BCUT2D eigenvalue weighted by atomic mass is 10.1. The van der Waals surface area contributed by atoms with E-state index < -0.39 is 11.4 Å². The second-order valence-electron chi connectivity index (χ2n) is 8.21. The van der Waals surface area contributed by atoms with E-state index in [2.05, 4.69) is 17.4 Å². The highest BCUT2D eigenvalue weighted by Crippen LogP contribution is 2.24. The van der Waals surface area contributed by atoms with Crippen LogP contribution in [0.3, 0.4) is 0 Å². The van der Waals surface area contributed by atoms with Gasteiger partial charge in [-0.1, -0.05) is 43.3 Å². The van der Waals surface area contributed by atoms with E-state index in [1.54, 1.807) is 42.5 Å². The second-order valence-corrected chi connectivity index (χ2v) is 8.21. The lowest BCUT2D eigenvalue weighted by Crippen LogP contribution is -2.14. The molecule has 4 rings (SSSR count). The molecule has 184 valence electrons. The van der Waals surface area contributed by atoms with Gasteiger partial charge in [-0.2, -0.15) is 0 Å². The molecule has 7 heteroatoms. The molecule has 4 aromatic rings. The molecule has 0 fully saturated rings. The van der Waals surface area contributed by atoms with Crippen molar-refractivity contribution in [3.05, 3.63) is 106 Å². The number of ether oxygens (including phenoxy) is 2. The molecule has 7 nitrogen and oxygen atoms in total. The van der Waals surface area contributed by atoms with Crippen LogP contribution in [0.2, 0.25) is 0 Å². The lowest BCUT2D eigenvalue weighted by Gasteiger charge is -2.10. The summed E-state index contributed by atoms with van der Waals surface area (Å²) < 4.78 is 16.5. The van der Waals surface area contributed by atoms with E-state index in [9.17, 15) is 14.4 Å². The zero-order valence-corrected chi connectivity index (χ0v) is 20.0. The molecular weight excluding hydrogens is 458 g/mol. The first-order chi connectivity index (χ1) is 17.5. The molecule has 0 aliphatic carbocycles. The number of hydrogen-bond acceptors (Lipinski definition) is 6. The third-order valence-corrected chi connectivity index (χ3v) is 5.48. The normalized spacial score (nSPS) is 10.7. The van der Waals surface area contributed by atoms with E-state index in [4.69, 9.17) is 13.9 Å². The summed E-state index contributed by atoms with van der Waals surface area (Å²) in [6.07, 6.45) is 2.45. The monoisotopic (exact) mass is 485 g/mol. The Labute approximate surface area is 208 Å². The summed E-state index contributed by atoms with van der Waals surface area (Å²) >= 11 is 0. The quantitative estimate of drug-likeness (QED) is 0.231. The summed E-state index contributed by atoms with van der Waals surface area (Å²) in [5, 5.41) is 3.01. The Hall–Kier alpha value is -4.39. The minimum atomic E-state index is -0.726. The van der Waals surface area contributed by atoms with Crippen LogP contribution in [-0.4, -0.2) is 25.1 Å². The Morgan fingerprint density at radius 1 is 0.917 bits per heavy atom. The van der Waals surface area contributed by atoms with E-state index in [0.29, 0.717) is 24.3 Å². The first-order valence-electron chi connectivity index (χ1n) is 11.9. The molecule has 1 N–H and O–H groups in total. The minimum absolute atomic E-state index is 0.111. The van der Waals surface area contributed by atoms with Crippen LogP contribution in [0.1, 0.15) is 46.2 Å². The molecule has 0 spiro atoms. The van der Waals surface area contributed by atoms with E-state index in [0.717, 1.165) is 18.9 Å². The van der Waals surface area contributed by atoms with Gasteiger partial charge in [0.2, 0.25) is 5.76 Å². The summed E-state index contributed by atoms with van der Waals surface area (Å²) in [6, 6.07) is 22.9. The standard InChI is InChI=1S/C29H27NO6/c1-2-17-35-29(33)26-19-25(31)23-11-6-12-24(27(23)36-26)30-28(32)21-13-15-22(16-14-21)34-18-7-10-20-8-4-3-5-9-20/h3-6,8-9,11-16,19H,2,7,10,17-18H2,1H3,(H,30,32). The van der Waals surface area contributed by atoms with Gasteiger partial charge in [-0.05, 0) is 61.2 Å². The van der Waals surface area contributed by atoms with Crippen molar-refractivity contribution in [2.45, 2.75) is 26.2 Å². The van der Waals surface area contributed by atoms with E-state index in [1.165, 1.54) is 5.56 Å². The third-order valence-electron chi connectivity index (χ3n) is 5.48. The highest BCUT2D eigenvalue weighted by atomic mass is 16.5. The fraction of sp³-hybridized carbons (Fsp3) is 0.207. The number of carbonyl (C=O) groups is 2. The zero-order chi connectivity index (χ0) is 25.3. The van der Waals surface area contributed by atoms with E-state index in [1.807, 2.05) is 25.1 Å². The first kappa shape index (κ1) is 24.7. The number of rotatable bonds is 10. The number of carbonyl (C=O) groups excluding carboxylic acids is 2. The molecule has 36 heavy (non-hydrogen) atoms. The van der Waals surface area contributed by atoms with E-state index in [-0.39, 0.29) is 34.9 Å². The van der Waals surface area contributed by atoms with Crippen LogP contribution in [0.4, 0.5) is 5.69 Å². The van der Waals surface area contributed by atoms with Gasteiger partial charge < -0.3 is 19.2 Å². The van der Waals surface area contributed by atoms with Crippen molar-refractivity contribution < 1.29 is 23.5 Å². The average Bonchev–Trinajstić information content (AvgIpc) is 2.91. The molecule has 0 radical (unpaired) electrons. The number of para-hydroxylation sites is 1. The summed E-state index contributed by atoms with van der Waals surface area (Å²) in [7, 11) is 0. The zero-order valence-electron chi connectivity index (χ0n) is 20.0. The summed E-state index contributed by atoms with van der Waals surface area (Å²) in [6.45, 7) is 2.65. The van der Waals surface area contributed by atoms with Crippen molar-refractivity contribution in [3.63, 3.8) is 0 Å². The molecule has 0 atom stereocenters. The Morgan fingerprint density at radius 3 is 2.44 bits per heavy atom. The Bertz CT molecular complexity index is 1390. The Balaban J connectivity index is 1.42. The highest BCUT2D eigenvalue weighted by molar-refractivity contribution is 6.08. The highest BCUT2D eigenvalue weighted by Gasteiger charge is 2.17. The van der Waals surface area contributed by atoms with Crippen molar-refractivity contribution in [1.82, 2.24) is 0 Å². The first-order valence-corrected chi connectivity index (χ1v) is 11.9. The number of esters is 1. The molecule has 1 heterocycles. The Kier molecular flexibility index (Phi) is 8.13. The minimum Gasteiger partial charge on any atom is -0.494 e. The second kappa shape index (κ2) is 11.8. The van der Waals surface area contributed by atoms with Crippen LogP contribution < -0.4 is 15.5 Å². The molecule has 0 unspecified atom stereocenters. The van der Waals surface area contributed by atoms with Crippen molar-refractivity contribution in [2.24, 2.45) is 0 Å². The topological polar surface area (TPSA) is 94.8 Å². The van der Waals surface area contributed by atoms with Crippen LogP contribution in [0.15, 0.2) is 88.1 Å². The molecule has 1 amide bonds. The van der Waals surface area contributed by atoms with Gasteiger partial charge in [-0.3, -0.25) is 9.59 Å². The van der Waals surface area contributed by atoms with Crippen LogP contribution in [0.5, 0.6) is 5.75 Å². The van der Waals surface area contributed by atoms with Gasteiger partial charge in [-0.15, -0.1) is 0 Å². The van der Waals surface area contributed by atoms with E-state index >= 15 is 0 Å². The van der Waals surface area contributed by atoms with Crippen molar-refractivity contribution in [3.8, 4) is 5.75 Å². The van der Waals surface area contributed by atoms with Crippen LogP contribution in [-0.2, 0) is 11.2 Å². The van der Waals surface area contributed by atoms with Gasteiger partial charge >= 0.3 is 5.97 Å². The fourth-order valence-corrected chi connectivity index (χ4v) is 3.65. The molecule has 0 saturated carbocycles. The van der Waals surface area contributed by atoms with Gasteiger partial charge in [0, 0.05) is 11.6 Å². The fourth-order valence-electron chi connectivity index (χ4n) is 3.65. The summed E-state index contributed by atoms with van der Waals surface area (Å²) in [4.78, 5) is 37.6. The molecule has 3 aromatic carbocycles. The molecule has 0 bridgehead atoms.